The summed E-state index contributed by atoms with van der Waals surface area (Å²) in [6.45, 7) is 5.06. The van der Waals surface area contributed by atoms with Crippen LogP contribution in [0.5, 0.6) is 5.75 Å². The van der Waals surface area contributed by atoms with Gasteiger partial charge in [-0.3, -0.25) is 19.4 Å². The molecule has 0 aliphatic rings. The van der Waals surface area contributed by atoms with Crippen LogP contribution in [0.3, 0.4) is 0 Å². The number of carbonyl (C=O) groups is 3. The number of methoxy groups -OCH3 is 1. The highest BCUT2D eigenvalue weighted by atomic mass is 32.2. The number of hydrogen-bond donors (Lipinski definition) is 5. The average Bonchev–Trinajstić information content (AvgIpc) is 3.86. The second-order valence-corrected chi connectivity index (χ2v) is 20.5. The number of nitrogens with two attached hydrogens (primary N) is 1. The lowest BCUT2D eigenvalue weighted by Gasteiger charge is -2.25. The van der Waals surface area contributed by atoms with Gasteiger partial charge in [-0.25, -0.2) is 31.3 Å². The quantitative estimate of drug-likeness (QED) is 0.0233. The number of nitrogens with zero attached hydrogens (tertiary/aromatic N) is 2. The van der Waals surface area contributed by atoms with Gasteiger partial charge in [-0.15, -0.1) is 11.3 Å². The number of rotatable bonds is 22. The van der Waals surface area contributed by atoms with E-state index in [9.17, 15) is 31.2 Å². The van der Waals surface area contributed by atoms with Gasteiger partial charge in [0.1, 0.15) is 17.8 Å². The molecule has 0 spiro atoms. The third-order valence-electron chi connectivity index (χ3n) is 11.1. The van der Waals surface area contributed by atoms with Crippen LogP contribution in [0.2, 0.25) is 0 Å². The summed E-state index contributed by atoms with van der Waals surface area (Å²) in [6.07, 6.45) is 1.61. The lowest BCUT2D eigenvalue weighted by Crippen LogP contribution is -2.57. The molecule has 0 radical (unpaired) electrons. The van der Waals surface area contributed by atoms with E-state index >= 15 is 0 Å². The minimum atomic E-state index is -4.15. The van der Waals surface area contributed by atoms with Gasteiger partial charge in [-0.05, 0) is 90.6 Å². The fourth-order valence-electron chi connectivity index (χ4n) is 7.71. The van der Waals surface area contributed by atoms with Gasteiger partial charge in [0.25, 0.3) is 10.0 Å². The van der Waals surface area contributed by atoms with E-state index < -0.39 is 55.8 Å². The molecule has 15 nitrogen and oxygen atoms in total. The van der Waals surface area contributed by atoms with E-state index in [2.05, 4.69) is 30.1 Å². The van der Waals surface area contributed by atoms with Crippen LogP contribution in [0.1, 0.15) is 56.0 Å². The van der Waals surface area contributed by atoms with Crippen molar-refractivity contribution in [3.8, 4) is 16.9 Å². The fourth-order valence-corrected chi connectivity index (χ4v) is 11.2. The number of Topliss-reactive ketones (excluding diaryl/α,β-unsaturated/α-hetero) is 1. The van der Waals surface area contributed by atoms with E-state index in [-0.39, 0.29) is 53.8 Å². The standard InChI is InChI=1S/C50H55N7O8S3/c1-33-28-44(65-4)34(2)35(3)46(33)68(63,64)57-50(51)53-25-15-24-41(45(58)49-52-26-27-66-49)54-47(59)42(31-38-20-14-23-40(29-38)39-21-12-7-13-22-39)55-48(60)43(30-36-16-8-5-9-17-36)56-67(61,62)32-37-18-10-6-11-19-37/h5-14,16-23,26-29,41-43,56H,15,24-25,30-32H2,1-4H3,(H,54,59)(H,55,60)(H3,51,53,57)/t41-,42-,43+/m0/s1. The third kappa shape index (κ3) is 13.9. The van der Waals surface area contributed by atoms with Crippen LogP contribution in [0.4, 0.5) is 0 Å². The lowest BCUT2D eigenvalue weighted by molar-refractivity contribution is -0.130. The Bertz CT molecular complexity index is 2940. The zero-order chi connectivity index (χ0) is 48.8. The maximum atomic E-state index is 14.6. The summed E-state index contributed by atoms with van der Waals surface area (Å²) in [7, 11) is -6.72. The summed E-state index contributed by atoms with van der Waals surface area (Å²) in [4.78, 5) is 51.5. The monoisotopic (exact) mass is 977 g/mol. The maximum Gasteiger partial charge on any atom is 0.264 e. The first-order chi connectivity index (χ1) is 32.5. The van der Waals surface area contributed by atoms with Crippen molar-refractivity contribution in [3.63, 3.8) is 0 Å². The number of aromatic nitrogens is 1. The molecule has 18 heteroatoms. The molecule has 3 atom stereocenters. The Hall–Kier alpha value is -6.73. The SMILES string of the molecule is COc1cc(C)c(S(=O)(=O)NC(N)=NCCC[C@H](NC(=O)[C@H](Cc2cccc(-c3ccccc3)c2)NC(=O)[C@@H](Cc2ccccc2)NS(=O)(=O)Cc2ccccc2)C(=O)c2nccs2)c(C)c1C. The molecule has 0 aliphatic carbocycles. The van der Waals surface area contributed by atoms with E-state index in [1.807, 2.05) is 54.6 Å². The minimum Gasteiger partial charge on any atom is -0.496 e. The maximum absolute atomic E-state index is 14.6. The molecule has 6 aromatic rings. The van der Waals surface area contributed by atoms with E-state index in [4.69, 9.17) is 10.5 Å². The Labute approximate surface area is 401 Å². The van der Waals surface area contributed by atoms with E-state index in [0.717, 1.165) is 22.5 Å². The fraction of sp³-hybridized carbons (Fsp3) is 0.260. The molecule has 68 heavy (non-hydrogen) atoms. The van der Waals surface area contributed by atoms with Crippen LogP contribution in [-0.4, -0.2) is 77.2 Å². The van der Waals surface area contributed by atoms with Crippen molar-refractivity contribution < 1.29 is 36.0 Å². The molecule has 2 amide bonds. The molecule has 0 bridgehead atoms. The van der Waals surface area contributed by atoms with Crippen LogP contribution >= 0.6 is 11.3 Å². The highest BCUT2D eigenvalue weighted by molar-refractivity contribution is 7.90. The molecule has 0 aliphatic heterocycles. The largest absolute Gasteiger partial charge is 0.496 e. The number of aliphatic imine (C=N–C) groups is 1. The zero-order valence-electron chi connectivity index (χ0n) is 38.1. The molecule has 1 aromatic heterocycles. The van der Waals surface area contributed by atoms with Crippen LogP contribution in [0.15, 0.2) is 143 Å². The van der Waals surface area contributed by atoms with Crippen LogP contribution in [0.25, 0.3) is 11.1 Å². The summed E-state index contributed by atoms with van der Waals surface area (Å²) in [5.41, 5.74) is 11.4. The van der Waals surface area contributed by atoms with Crippen LogP contribution in [-0.2, 0) is 48.2 Å². The van der Waals surface area contributed by atoms with Crippen molar-refractivity contribution in [3.05, 3.63) is 171 Å². The Morgan fingerprint density at radius 3 is 1.96 bits per heavy atom. The minimum absolute atomic E-state index is 0.0254. The van der Waals surface area contributed by atoms with Gasteiger partial charge < -0.3 is 21.1 Å². The van der Waals surface area contributed by atoms with E-state index in [1.165, 1.54) is 13.3 Å². The first-order valence-electron chi connectivity index (χ1n) is 21.8. The first kappa shape index (κ1) is 50.7. The molecule has 0 unspecified atom stereocenters. The second-order valence-electron chi connectivity index (χ2n) is 16.2. The van der Waals surface area contributed by atoms with Crippen LogP contribution in [0, 0.1) is 20.8 Å². The van der Waals surface area contributed by atoms with Crippen molar-refractivity contribution in [2.24, 2.45) is 10.7 Å². The molecule has 6 rings (SSSR count). The number of ether oxygens (including phenoxy) is 1. The number of thiazole rings is 1. The van der Waals surface area contributed by atoms with Gasteiger partial charge in [0.15, 0.2) is 5.01 Å². The summed E-state index contributed by atoms with van der Waals surface area (Å²) in [5.74, 6) is -2.15. The summed E-state index contributed by atoms with van der Waals surface area (Å²) < 4.78 is 64.5. The molecule has 0 fully saturated rings. The van der Waals surface area contributed by atoms with Crippen LogP contribution < -0.4 is 30.5 Å². The Morgan fingerprint density at radius 1 is 0.721 bits per heavy atom. The lowest BCUT2D eigenvalue weighted by atomic mass is 9.98. The average molecular weight is 978 g/mol. The molecule has 0 saturated carbocycles. The molecule has 0 saturated heterocycles. The van der Waals surface area contributed by atoms with Gasteiger partial charge >= 0.3 is 0 Å². The Morgan fingerprint density at radius 2 is 1.31 bits per heavy atom. The number of hydrogen-bond acceptors (Lipinski definition) is 11. The van der Waals surface area contributed by atoms with E-state index in [0.29, 0.717) is 39.1 Å². The highest BCUT2D eigenvalue weighted by Gasteiger charge is 2.32. The van der Waals surface area contributed by atoms with Gasteiger partial charge in [0.2, 0.25) is 33.6 Å². The highest BCUT2D eigenvalue weighted by Crippen LogP contribution is 2.30. The zero-order valence-corrected chi connectivity index (χ0v) is 40.6. The summed E-state index contributed by atoms with van der Waals surface area (Å²) >= 11 is 1.09. The molecule has 5 aromatic carbocycles. The number of nitrogens with one attached hydrogen (secondary N) is 4. The van der Waals surface area contributed by atoms with Gasteiger partial charge in [0.05, 0.1) is 23.8 Å². The number of ketones is 1. The van der Waals surface area contributed by atoms with Gasteiger partial charge in [-0.2, -0.15) is 0 Å². The van der Waals surface area contributed by atoms with Crippen molar-refractivity contribution in [1.29, 1.82) is 0 Å². The summed E-state index contributed by atoms with van der Waals surface area (Å²) in [5, 5.41) is 7.45. The van der Waals surface area contributed by atoms with Gasteiger partial charge in [0, 0.05) is 24.5 Å². The molecular weight excluding hydrogens is 923 g/mol. The molecular formula is C50H55N7O8S3. The number of amides is 2. The number of guanidine groups is 1. The first-order valence-corrected chi connectivity index (χ1v) is 25.8. The van der Waals surface area contributed by atoms with Crippen molar-refractivity contribution in [2.75, 3.05) is 13.7 Å². The van der Waals surface area contributed by atoms with Crippen molar-refractivity contribution in [2.45, 2.75) is 75.2 Å². The normalized spacial score (nSPS) is 13.2. The third-order valence-corrected chi connectivity index (χ3v) is 14.9. The predicted octanol–water partition coefficient (Wildman–Crippen LogP) is 5.94. The summed E-state index contributed by atoms with van der Waals surface area (Å²) in [6, 6.07) is 32.4. The second kappa shape index (κ2) is 23.3. The van der Waals surface area contributed by atoms with Crippen molar-refractivity contribution >= 4 is 54.9 Å². The molecule has 1 heterocycles. The number of carbonyl (C=O) groups excluding carboxylic acids is 3. The topological polar surface area (TPSA) is 228 Å². The van der Waals surface area contributed by atoms with Gasteiger partial charge in [-0.1, -0.05) is 115 Å². The number of benzene rings is 5. The van der Waals surface area contributed by atoms with Crippen molar-refractivity contribution in [1.82, 2.24) is 25.1 Å². The molecule has 356 valence electrons. The predicted molar refractivity (Wildman–Crippen MR) is 265 cm³/mol. The smallest absolute Gasteiger partial charge is 0.264 e. The van der Waals surface area contributed by atoms with E-state index in [1.54, 1.807) is 92.9 Å². The molecule has 6 N–H and O–H groups in total. The Balaban J connectivity index is 1.25. The Kier molecular flexibility index (Phi) is 17.4. The number of sulfonamides is 2. The number of aryl methyl sites for hydroxylation is 1.